The van der Waals surface area contributed by atoms with Crippen LogP contribution in [0.2, 0.25) is 0 Å². The summed E-state index contributed by atoms with van der Waals surface area (Å²) in [5.74, 6) is -0.551. The first-order valence-electron chi connectivity index (χ1n) is 3.43. The Morgan fingerprint density at radius 3 is 2.75 bits per heavy atom. The highest BCUT2D eigenvalue weighted by atomic mass is 17.2. The van der Waals surface area contributed by atoms with E-state index in [9.17, 15) is 4.79 Å². The molecule has 4 heteroatoms. The fourth-order valence-electron chi connectivity index (χ4n) is 0.415. The molecule has 0 saturated carbocycles. The first kappa shape index (κ1) is 10.9. The molecule has 0 spiro atoms. The number of hydrogen-bond donors (Lipinski definition) is 0. The second kappa shape index (κ2) is 6.57. The molecule has 4 nitrogen and oxygen atoms in total. The van der Waals surface area contributed by atoms with E-state index in [1.807, 2.05) is 0 Å². The first-order chi connectivity index (χ1) is 5.70. The van der Waals surface area contributed by atoms with E-state index in [1.54, 1.807) is 0 Å². The molecule has 0 aliphatic rings. The monoisotopic (exact) mass is 172 g/mol. The van der Waals surface area contributed by atoms with Crippen molar-refractivity contribution >= 4 is 5.97 Å². The summed E-state index contributed by atoms with van der Waals surface area (Å²) in [4.78, 5) is 19.7. The van der Waals surface area contributed by atoms with Crippen LogP contribution in [0.25, 0.3) is 0 Å². The number of carbonyl (C=O) groups is 1. The Kier molecular flexibility index (Phi) is 5.95. The minimum atomic E-state index is -0.740. The Labute approximate surface area is 71.3 Å². The van der Waals surface area contributed by atoms with Crippen LogP contribution in [-0.4, -0.2) is 18.9 Å². The van der Waals surface area contributed by atoms with E-state index in [4.69, 9.17) is 0 Å². The van der Waals surface area contributed by atoms with Gasteiger partial charge in [0.05, 0.1) is 0 Å². The van der Waals surface area contributed by atoms with E-state index in [1.165, 1.54) is 13.0 Å². The number of esters is 1. The Morgan fingerprint density at radius 2 is 2.25 bits per heavy atom. The van der Waals surface area contributed by atoms with Crippen LogP contribution in [0, 0.1) is 0 Å². The van der Waals surface area contributed by atoms with Crippen LogP contribution < -0.4 is 0 Å². The summed E-state index contributed by atoms with van der Waals surface area (Å²) in [6.45, 7) is 8.41. The molecule has 0 heterocycles. The van der Waals surface area contributed by atoms with Crippen molar-refractivity contribution in [1.82, 2.24) is 0 Å². The van der Waals surface area contributed by atoms with Crippen molar-refractivity contribution in [3.05, 3.63) is 25.3 Å². The maximum absolute atomic E-state index is 10.6. The summed E-state index contributed by atoms with van der Waals surface area (Å²) in [6, 6.07) is 0. The molecule has 0 aliphatic heterocycles. The van der Waals surface area contributed by atoms with Crippen LogP contribution in [0.3, 0.4) is 0 Å². The van der Waals surface area contributed by atoms with Gasteiger partial charge < -0.3 is 4.74 Å². The van der Waals surface area contributed by atoms with Gasteiger partial charge in [-0.15, -0.1) is 6.58 Å². The highest BCUT2D eigenvalue weighted by Crippen LogP contribution is 1.95. The molecule has 0 bridgehead atoms. The van der Waals surface area contributed by atoms with Gasteiger partial charge in [-0.3, -0.25) is 0 Å². The lowest BCUT2D eigenvalue weighted by Gasteiger charge is -2.10. The highest BCUT2D eigenvalue weighted by molar-refractivity contribution is 5.81. The number of hydrogen-bond acceptors (Lipinski definition) is 4. The summed E-state index contributed by atoms with van der Waals surface area (Å²) >= 11 is 0. The average Bonchev–Trinajstić information content (AvgIpc) is 2.05. The average molecular weight is 172 g/mol. The SMILES string of the molecule is C=CCOOC(C)OC(=O)C=C. The molecule has 0 aromatic carbocycles. The maximum atomic E-state index is 10.6. The Balaban J connectivity index is 3.44. The molecule has 68 valence electrons. The first-order valence-corrected chi connectivity index (χ1v) is 3.43. The molecular weight excluding hydrogens is 160 g/mol. The van der Waals surface area contributed by atoms with Crippen LogP contribution in [0.4, 0.5) is 0 Å². The molecule has 0 rings (SSSR count). The van der Waals surface area contributed by atoms with Crippen molar-refractivity contribution in [3.63, 3.8) is 0 Å². The minimum Gasteiger partial charge on any atom is -0.430 e. The second-order valence-corrected chi connectivity index (χ2v) is 1.88. The third-order valence-electron chi connectivity index (χ3n) is 0.838. The lowest BCUT2D eigenvalue weighted by molar-refractivity contribution is -0.358. The standard InChI is InChI=1S/C8H12O4/c1-4-6-10-12-7(3)11-8(9)5-2/h4-5,7H,1-2,6H2,3H3. The van der Waals surface area contributed by atoms with Gasteiger partial charge in [0, 0.05) is 13.0 Å². The Bertz CT molecular complexity index is 164. The van der Waals surface area contributed by atoms with Gasteiger partial charge in [-0.2, -0.15) is 4.89 Å². The van der Waals surface area contributed by atoms with Gasteiger partial charge in [-0.1, -0.05) is 12.7 Å². The summed E-state index contributed by atoms with van der Waals surface area (Å²) < 4.78 is 4.61. The molecule has 0 aromatic rings. The van der Waals surface area contributed by atoms with Gasteiger partial charge in [0.25, 0.3) is 0 Å². The molecule has 0 N–H and O–H groups in total. The molecule has 0 saturated heterocycles. The second-order valence-electron chi connectivity index (χ2n) is 1.88. The zero-order valence-corrected chi connectivity index (χ0v) is 6.99. The van der Waals surface area contributed by atoms with Crippen molar-refractivity contribution in [2.45, 2.75) is 13.2 Å². The fraction of sp³-hybridized carbons (Fsp3) is 0.375. The summed E-state index contributed by atoms with van der Waals surface area (Å²) in [6.07, 6.45) is 1.82. The van der Waals surface area contributed by atoms with Gasteiger partial charge >= 0.3 is 5.97 Å². The lowest BCUT2D eigenvalue weighted by Crippen LogP contribution is -2.16. The van der Waals surface area contributed by atoms with E-state index in [2.05, 4.69) is 27.7 Å². The van der Waals surface area contributed by atoms with E-state index in [0.717, 1.165) is 6.08 Å². The third kappa shape index (κ3) is 5.64. The van der Waals surface area contributed by atoms with Crippen molar-refractivity contribution in [3.8, 4) is 0 Å². The molecule has 12 heavy (non-hydrogen) atoms. The van der Waals surface area contributed by atoms with Gasteiger partial charge in [0.2, 0.25) is 6.29 Å². The number of carbonyl (C=O) groups excluding carboxylic acids is 1. The predicted octanol–water partition coefficient (Wildman–Crippen LogP) is 1.20. The molecular formula is C8H12O4. The normalized spacial score (nSPS) is 11.8. The topological polar surface area (TPSA) is 44.8 Å². The van der Waals surface area contributed by atoms with Gasteiger partial charge in [-0.05, 0) is 0 Å². The van der Waals surface area contributed by atoms with Gasteiger partial charge in [0.15, 0.2) is 0 Å². The zero-order chi connectivity index (χ0) is 9.40. The lowest BCUT2D eigenvalue weighted by atomic mass is 10.6. The van der Waals surface area contributed by atoms with Crippen molar-refractivity contribution in [2.75, 3.05) is 6.61 Å². The molecule has 1 atom stereocenters. The van der Waals surface area contributed by atoms with E-state index in [-0.39, 0.29) is 6.61 Å². The zero-order valence-electron chi connectivity index (χ0n) is 6.99. The predicted molar refractivity (Wildman–Crippen MR) is 43.0 cm³/mol. The van der Waals surface area contributed by atoms with Gasteiger partial charge in [0.1, 0.15) is 6.61 Å². The van der Waals surface area contributed by atoms with E-state index >= 15 is 0 Å². The van der Waals surface area contributed by atoms with Crippen LogP contribution in [0.15, 0.2) is 25.3 Å². The highest BCUT2D eigenvalue weighted by Gasteiger charge is 2.05. The summed E-state index contributed by atoms with van der Waals surface area (Å²) in [5.41, 5.74) is 0. The minimum absolute atomic E-state index is 0.246. The van der Waals surface area contributed by atoms with E-state index in [0.29, 0.717) is 0 Å². The molecule has 0 aromatic heterocycles. The van der Waals surface area contributed by atoms with Crippen LogP contribution in [0.1, 0.15) is 6.92 Å². The summed E-state index contributed by atoms with van der Waals surface area (Å²) in [7, 11) is 0. The fourth-order valence-corrected chi connectivity index (χ4v) is 0.415. The van der Waals surface area contributed by atoms with Crippen molar-refractivity contribution in [1.29, 1.82) is 0 Å². The quantitative estimate of drug-likeness (QED) is 0.115. The molecule has 0 amide bonds. The van der Waals surface area contributed by atoms with Crippen LogP contribution >= 0.6 is 0 Å². The third-order valence-corrected chi connectivity index (χ3v) is 0.838. The van der Waals surface area contributed by atoms with Crippen molar-refractivity contribution in [2.24, 2.45) is 0 Å². The Morgan fingerprint density at radius 1 is 1.58 bits per heavy atom. The van der Waals surface area contributed by atoms with Crippen molar-refractivity contribution < 1.29 is 19.3 Å². The maximum Gasteiger partial charge on any atom is 0.332 e. The summed E-state index contributed by atoms with van der Waals surface area (Å²) in [5, 5.41) is 0. The smallest absolute Gasteiger partial charge is 0.332 e. The molecule has 0 radical (unpaired) electrons. The van der Waals surface area contributed by atoms with Crippen LogP contribution in [-0.2, 0) is 19.3 Å². The Hall–Kier alpha value is -1.13. The van der Waals surface area contributed by atoms with Gasteiger partial charge in [-0.25, -0.2) is 9.68 Å². The molecule has 0 fully saturated rings. The molecule has 1 unspecified atom stereocenters. The molecule has 0 aliphatic carbocycles. The number of rotatable bonds is 6. The van der Waals surface area contributed by atoms with E-state index < -0.39 is 12.3 Å². The number of ether oxygens (including phenoxy) is 1. The van der Waals surface area contributed by atoms with Crippen LogP contribution in [0.5, 0.6) is 0 Å². The largest absolute Gasteiger partial charge is 0.430 e.